The Morgan fingerprint density at radius 2 is 1.76 bits per heavy atom. The van der Waals surface area contributed by atoms with Crippen molar-refractivity contribution in [2.75, 3.05) is 6.54 Å². The fourth-order valence-corrected chi connectivity index (χ4v) is 5.51. The maximum Gasteiger partial charge on any atom is 0.246 e. The van der Waals surface area contributed by atoms with Gasteiger partial charge in [0.15, 0.2) is 0 Å². The molecule has 116 valence electrons. The number of hydrogen-bond acceptors (Lipinski definition) is 2. The van der Waals surface area contributed by atoms with Crippen LogP contribution in [0.5, 0.6) is 0 Å². The van der Waals surface area contributed by atoms with Crippen molar-refractivity contribution in [1.29, 1.82) is 0 Å². The van der Waals surface area contributed by atoms with Crippen molar-refractivity contribution < 1.29 is 17.2 Å². The van der Waals surface area contributed by atoms with E-state index in [1.165, 1.54) is 4.31 Å². The molecular weight excluding hydrogens is 296 g/mol. The molecule has 0 spiro atoms. The number of halogens is 2. The van der Waals surface area contributed by atoms with Crippen molar-refractivity contribution in [3.63, 3.8) is 0 Å². The zero-order valence-corrected chi connectivity index (χ0v) is 12.6. The summed E-state index contributed by atoms with van der Waals surface area (Å²) in [6, 6.07) is 2.55. The molecule has 1 aromatic rings. The van der Waals surface area contributed by atoms with E-state index in [9.17, 15) is 17.2 Å². The Labute approximate surface area is 124 Å². The average molecular weight is 315 g/mol. The molecular formula is C15H19F2NO2S. The Hall–Kier alpha value is -1.01. The minimum absolute atomic E-state index is 0.0554. The second-order valence-corrected chi connectivity index (χ2v) is 7.80. The molecule has 1 aromatic carbocycles. The lowest BCUT2D eigenvalue weighted by Crippen LogP contribution is -2.49. The molecule has 2 atom stereocenters. The highest BCUT2D eigenvalue weighted by Crippen LogP contribution is 2.38. The zero-order valence-electron chi connectivity index (χ0n) is 11.8. The first kappa shape index (κ1) is 14.9. The maximum absolute atomic E-state index is 13.9. The highest BCUT2D eigenvalue weighted by atomic mass is 32.2. The van der Waals surface area contributed by atoms with Crippen LogP contribution in [-0.4, -0.2) is 25.3 Å². The minimum atomic E-state index is -3.97. The summed E-state index contributed by atoms with van der Waals surface area (Å²) in [7, 11) is -3.97. The minimum Gasteiger partial charge on any atom is -0.207 e. The molecule has 1 saturated heterocycles. The van der Waals surface area contributed by atoms with Crippen LogP contribution >= 0.6 is 0 Å². The summed E-state index contributed by atoms with van der Waals surface area (Å²) < 4.78 is 54.1. The van der Waals surface area contributed by atoms with Gasteiger partial charge in [0, 0.05) is 12.6 Å². The Kier molecular flexibility index (Phi) is 4.01. The molecule has 0 N–H and O–H groups in total. The smallest absolute Gasteiger partial charge is 0.207 e. The van der Waals surface area contributed by atoms with Crippen LogP contribution in [0.2, 0.25) is 0 Å². The molecule has 2 fully saturated rings. The van der Waals surface area contributed by atoms with Gasteiger partial charge in [0.25, 0.3) is 0 Å². The highest BCUT2D eigenvalue weighted by Gasteiger charge is 2.40. The van der Waals surface area contributed by atoms with Crippen molar-refractivity contribution in [3.05, 3.63) is 29.8 Å². The van der Waals surface area contributed by atoms with Crippen LogP contribution in [0.25, 0.3) is 0 Å². The summed E-state index contributed by atoms with van der Waals surface area (Å²) in [6.45, 7) is 0.402. The number of nitrogens with zero attached hydrogens (tertiary/aromatic N) is 1. The summed E-state index contributed by atoms with van der Waals surface area (Å²) in [6.07, 6.45) is 5.80. The van der Waals surface area contributed by atoms with Gasteiger partial charge < -0.3 is 0 Å². The fourth-order valence-electron chi connectivity index (χ4n) is 3.68. The van der Waals surface area contributed by atoms with Gasteiger partial charge in [-0.1, -0.05) is 12.8 Å². The molecule has 2 aliphatic rings. The Balaban J connectivity index is 1.98. The van der Waals surface area contributed by atoms with Crippen LogP contribution in [0.3, 0.4) is 0 Å². The largest absolute Gasteiger partial charge is 0.246 e. The third kappa shape index (κ3) is 2.71. The van der Waals surface area contributed by atoms with E-state index in [0.29, 0.717) is 12.5 Å². The summed E-state index contributed by atoms with van der Waals surface area (Å²) in [5.74, 6) is -1.25. The van der Waals surface area contributed by atoms with Crippen LogP contribution < -0.4 is 0 Å². The lowest BCUT2D eigenvalue weighted by atomic mass is 9.79. The second-order valence-electron chi connectivity index (χ2n) is 5.94. The third-order valence-corrected chi connectivity index (χ3v) is 6.61. The molecule has 1 saturated carbocycles. The molecule has 0 bridgehead atoms. The van der Waals surface area contributed by atoms with Crippen molar-refractivity contribution in [2.45, 2.75) is 49.5 Å². The fraction of sp³-hybridized carbons (Fsp3) is 0.600. The van der Waals surface area contributed by atoms with E-state index in [4.69, 9.17) is 0 Å². The number of fused-ring (bicyclic) bond motifs is 1. The monoisotopic (exact) mass is 315 g/mol. The predicted molar refractivity (Wildman–Crippen MR) is 75.2 cm³/mol. The molecule has 1 aliphatic heterocycles. The standard InChI is InChI=1S/C15H19F2NO2S/c16-12-7-8-13(17)15(10-12)21(19,20)18-9-3-5-11-4-1-2-6-14(11)18/h7-8,10-11,14H,1-6,9H2. The van der Waals surface area contributed by atoms with Gasteiger partial charge >= 0.3 is 0 Å². The van der Waals surface area contributed by atoms with Crippen LogP contribution in [0.1, 0.15) is 38.5 Å². The van der Waals surface area contributed by atoms with E-state index in [-0.39, 0.29) is 6.04 Å². The lowest BCUT2D eigenvalue weighted by Gasteiger charge is -2.43. The van der Waals surface area contributed by atoms with Gasteiger partial charge in [-0.3, -0.25) is 0 Å². The van der Waals surface area contributed by atoms with Gasteiger partial charge in [0.05, 0.1) is 0 Å². The molecule has 3 rings (SSSR count). The quantitative estimate of drug-likeness (QED) is 0.839. The predicted octanol–water partition coefficient (Wildman–Crippen LogP) is 3.31. The molecule has 0 amide bonds. The summed E-state index contributed by atoms with van der Waals surface area (Å²) in [5.41, 5.74) is 0. The normalized spacial score (nSPS) is 27.3. The average Bonchev–Trinajstić information content (AvgIpc) is 2.49. The van der Waals surface area contributed by atoms with Crippen LogP contribution in [-0.2, 0) is 10.0 Å². The van der Waals surface area contributed by atoms with Gasteiger partial charge in [-0.05, 0) is 49.8 Å². The van der Waals surface area contributed by atoms with Crippen LogP contribution in [0, 0.1) is 17.6 Å². The van der Waals surface area contributed by atoms with Gasteiger partial charge in [0.2, 0.25) is 10.0 Å². The van der Waals surface area contributed by atoms with Gasteiger partial charge in [-0.2, -0.15) is 4.31 Å². The first-order valence-electron chi connectivity index (χ1n) is 7.47. The van der Waals surface area contributed by atoms with Crippen molar-refractivity contribution in [3.8, 4) is 0 Å². The van der Waals surface area contributed by atoms with Gasteiger partial charge in [0.1, 0.15) is 16.5 Å². The summed E-state index contributed by atoms with van der Waals surface area (Å²) in [4.78, 5) is -0.534. The first-order valence-corrected chi connectivity index (χ1v) is 8.91. The van der Waals surface area contributed by atoms with E-state index in [2.05, 4.69) is 0 Å². The van der Waals surface area contributed by atoms with Crippen LogP contribution in [0.4, 0.5) is 8.78 Å². The number of hydrogen-bond donors (Lipinski definition) is 0. The molecule has 0 radical (unpaired) electrons. The van der Waals surface area contributed by atoms with Gasteiger partial charge in [-0.15, -0.1) is 0 Å². The van der Waals surface area contributed by atoms with Crippen molar-refractivity contribution in [1.82, 2.24) is 4.31 Å². The number of benzene rings is 1. The van der Waals surface area contributed by atoms with E-state index in [1.54, 1.807) is 0 Å². The zero-order chi connectivity index (χ0) is 15.0. The second kappa shape index (κ2) is 5.65. The van der Waals surface area contributed by atoms with Gasteiger partial charge in [-0.25, -0.2) is 17.2 Å². The first-order chi connectivity index (χ1) is 10.00. The Morgan fingerprint density at radius 1 is 1.05 bits per heavy atom. The summed E-state index contributed by atoms with van der Waals surface area (Å²) in [5, 5.41) is 0. The topological polar surface area (TPSA) is 37.4 Å². The molecule has 0 aromatic heterocycles. The molecule has 6 heteroatoms. The maximum atomic E-state index is 13.9. The molecule has 1 heterocycles. The number of sulfonamides is 1. The van der Waals surface area contributed by atoms with Crippen molar-refractivity contribution in [2.24, 2.45) is 5.92 Å². The lowest BCUT2D eigenvalue weighted by molar-refractivity contribution is 0.129. The molecule has 21 heavy (non-hydrogen) atoms. The molecule has 3 nitrogen and oxygen atoms in total. The highest BCUT2D eigenvalue weighted by molar-refractivity contribution is 7.89. The van der Waals surface area contributed by atoms with E-state index >= 15 is 0 Å². The van der Waals surface area contributed by atoms with E-state index in [0.717, 1.165) is 56.7 Å². The third-order valence-electron chi connectivity index (χ3n) is 4.67. The molecule has 2 unspecified atom stereocenters. The van der Waals surface area contributed by atoms with E-state index < -0.39 is 26.6 Å². The van der Waals surface area contributed by atoms with Crippen molar-refractivity contribution >= 4 is 10.0 Å². The Bertz CT molecular complexity index is 631. The Morgan fingerprint density at radius 3 is 2.57 bits per heavy atom. The molecule has 1 aliphatic carbocycles. The number of piperidine rings is 1. The number of rotatable bonds is 2. The summed E-state index contributed by atoms with van der Waals surface area (Å²) >= 11 is 0. The SMILES string of the molecule is O=S(=O)(c1cc(F)ccc1F)N1CCCC2CCCCC21. The van der Waals surface area contributed by atoms with E-state index in [1.807, 2.05) is 0 Å². The van der Waals surface area contributed by atoms with Crippen LogP contribution in [0.15, 0.2) is 23.1 Å².